The third kappa shape index (κ3) is 3.19. The number of nitrogen functional groups attached to an aromatic ring is 1. The van der Waals surface area contributed by atoms with Gasteiger partial charge in [-0.25, -0.2) is 9.78 Å². The Morgan fingerprint density at radius 3 is 3.15 bits per heavy atom. The molecule has 2 rings (SSSR count). The van der Waals surface area contributed by atoms with Crippen LogP contribution >= 0.6 is 0 Å². The summed E-state index contributed by atoms with van der Waals surface area (Å²) in [6.45, 7) is 5.32. The summed E-state index contributed by atoms with van der Waals surface area (Å²) in [4.78, 5) is 18.2. The number of ether oxygens (including phenoxy) is 1. The van der Waals surface area contributed by atoms with E-state index in [1.54, 1.807) is 12.3 Å². The van der Waals surface area contributed by atoms with Crippen LogP contribution in [-0.4, -0.2) is 48.6 Å². The van der Waals surface area contributed by atoms with E-state index in [2.05, 4.69) is 22.1 Å². The molecule has 1 unspecified atom stereocenters. The number of anilines is 2. The Kier molecular flexibility index (Phi) is 4.79. The predicted octanol–water partition coefficient (Wildman–Crippen LogP) is 1.35. The van der Waals surface area contributed by atoms with Crippen LogP contribution in [0.5, 0.6) is 0 Å². The highest BCUT2D eigenvalue weighted by atomic mass is 16.5. The van der Waals surface area contributed by atoms with Gasteiger partial charge in [0, 0.05) is 18.8 Å². The van der Waals surface area contributed by atoms with Gasteiger partial charge in [0.2, 0.25) is 0 Å². The van der Waals surface area contributed by atoms with Crippen LogP contribution in [0.2, 0.25) is 0 Å². The maximum Gasteiger partial charge on any atom is 0.340 e. The van der Waals surface area contributed by atoms with Crippen molar-refractivity contribution in [1.82, 2.24) is 9.88 Å². The number of carbonyl (C=O) groups is 1. The Labute approximate surface area is 119 Å². The van der Waals surface area contributed by atoms with Gasteiger partial charge in [-0.1, -0.05) is 6.92 Å². The lowest BCUT2D eigenvalue weighted by atomic mass is 10.1. The van der Waals surface area contributed by atoms with Crippen molar-refractivity contribution in [3.63, 3.8) is 0 Å². The van der Waals surface area contributed by atoms with Crippen molar-refractivity contribution in [2.24, 2.45) is 0 Å². The summed E-state index contributed by atoms with van der Waals surface area (Å²) in [5.41, 5.74) is 6.71. The molecule has 3 N–H and O–H groups in total. The van der Waals surface area contributed by atoms with Crippen LogP contribution in [-0.2, 0) is 4.74 Å². The average molecular weight is 278 g/mol. The van der Waals surface area contributed by atoms with Crippen molar-refractivity contribution in [3.05, 3.63) is 17.8 Å². The number of pyridine rings is 1. The molecule has 0 radical (unpaired) electrons. The van der Waals surface area contributed by atoms with Crippen LogP contribution in [0.15, 0.2) is 12.3 Å². The van der Waals surface area contributed by atoms with Gasteiger partial charge in [-0.15, -0.1) is 0 Å². The Bertz CT molecular complexity index is 478. The third-order valence-corrected chi connectivity index (χ3v) is 3.69. The van der Waals surface area contributed by atoms with Crippen molar-refractivity contribution in [1.29, 1.82) is 0 Å². The van der Waals surface area contributed by atoms with Gasteiger partial charge < -0.3 is 20.7 Å². The minimum absolute atomic E-state index is 0.311. The number of rotatable bonds is 4. The second-order valence-corrected chi connectivity index (χ2v) is 4.99. The van der Waals surface area contributed by atoms with E-state index >= 15 is 0 Å². The van der Waals surface area contributed by atoms with E-state index in [4.69, 9.17) is 10.5 Å². The van der Waals surface area contributed by atoms with Crippen LogP contribution in [0.3, 0.4) is 0 Å². The number of carbonyl (C=O) groups excluding carboxylic acids is 1. The lowest BCUT2D eigenvalue weighted by molar-refractivity contribution is 0.0602. The molecule has 0 aliphatic carbocycles. The van der Waals surface area contributed by atoms with Crippen LogP contribution in [0, 0.1) is 0 Å². The fraction of sp³-hybridized carbons (Fsp3) is 0.571. The van der Waals surface area contributed by atoms with E-state index in [0.717, 1.165) is 32.5 Å². The van der Waals surface area contributed by atoms with Crippen molar-refractivity contribution in [2.45, 2.75) is 25.8 Å². The SMILES string of the molecule is CCN1CCCC(Nc2nccc(C(=O)OC)c2N)C1. The highest BCUT2D eigenvalue weighted by Crippen LogP contribution is 2.23. The van der Waals surface area contributed by atoms with Gasteiger partial charge >= 0.3 is 5.97 Å². The number of methoxy groups -OCH3 is 1. The monoisotopic (exact) mass is 278 g/mol. The van der Waals surface area contributed by atoms with Gasteiger partial charge in [0.25, 0.3) is 0 Å². The van der Waals surface area contributed by atoms with Gasteiger partial charge in [-0.3, -0.25) is 0 Å². The van der Waals surface area contributed by atoms with Crippen LogP contribution in [0.4, 0.5) is 11.5 Å². The summed E-state index contributed by atoms with van der Waals surface area (Å²) in [5.74, 6) is 0.127. The first-order valence-electron chi connectivity index (χ1n) is 6.97. The molecule has 6 nitrogen and oxygen atoms in total. The van der Waals surface area contributed by atoms with Crippen molar-refractivity contribution < 1.29 is 9.53 Å². The zero-order valence-electron chi connectivity index (χ0n) is 12.1. The van der Waals surface area contributed by atoms with E-state index in [9.17, 15) is 4.79 Å². The molecular formula is C14H22N4O2. The Hall–Kier alpha value is -1.82. The second-order valence-electron chi connectivity index (χ2n) is 4.99. The molecule has 0 aromatic carbocycles. The number of nitrogens with zero attached hydrogens (tertiary/aromatic N) is 2. The van der Waals surface area contributed by atoms with E-state index in [1.165, 1.54) is 7.11 Å². The van der Waals surface area contributed by atoms with Gasteiger partial charge in [-0.2, -0.15) is 0 Å². The predicted molar refractivity (Wildman–Crippen MR) is 78.7 cm³/mol. The Morgan fingerprint density at radius 1 is 1.65 bits per heavy atom. The zero-order chi connectivity index (χ0) is 14.5. The minimum atomic E-state index is -0.438. The highest BCUT2D eigenvalue weighted by molar-refractivity contribution is 5.97. The molecule has 0 spiro atoms. The molecular weight excluding hydrogens is 256 g/mol. The number of esters is 1. The molecule has 1 aromatic rings. The van der Waals surface area contributed by atoms with Gasteiger partial charge in [0.15, 0.2) is 0 Å². The number of aromatic nitrogens is 1. The number of nitrogens with two attached hydrogens (primary N) is 1. The number of likely N-dealkylation sites (N-methyl/N-ethyl adjacent to an activating group) is 1. The minimum Gasteiger partial charge on any atom is -0.465 e. The Balaban J connectivity index is 2.11. The van der Waals surface area contributed by atoms with Gasteiger partial charge in [0.05, 0.1) is 18.4 Å². The first-order valence-corrected chi connectivity index (χ1v) is 6.97. The summed E-state index contributed by atoms with van der Waals surface area (Å²) in [7, 11) is 1.34. The molecule has 20 heavy (non-hydrogen) atoms. The normalized spacial score (nSPS) is 19.6. The number of hydrogen-bond acceptors (Lipinski definition) is 6. The largest absolute Gasteiger partial charge is 0.465 e. The number of hydrogen-bond donors (Lipinski definition) is 2. The lowest BCUT2D eigenvalue weighted by Crippen LogP contribution is -2.42. The zero-order valence-corrected chi connectivity index (χ0v) is 12.1. The van der Waals surface area contributed by atoms with E-state index < -0.39 is 5.97 Å². The van der Waals surface area contributed by atoms with Crippen LogP contribution in [0.1, 0.15) is 30.1 Å². The molecule has 1 fully saturated rings. The average Bonchev–Trinajstić information content (AvgIpc) is 2.49. The summed E-state index contributed by atoms with van der Waals surface area (Å²) in [6, 6.07) is 1.89. The van der Waals surface area contributed by atoms with Crippen LogP contribution in [0.25, 0.3) is 0 Å². The smallest absolute Gasteiger partial charge is 0.340 e. The van der Waals surface area contributed by atoms with Crippen molar-refractivity contribution in [2.75, 3.05) is 37.8 Å². The molecule has 2 heterocycles. The molecule has 1 aromatic heterocycles. The maximum absolute atomic E-state index is 11.6. The van der Waals surface area contributed by atoms with Gasteiger partial charge in [-0.05, 0) is 32.0 Å². The van der Waals surface area contributed by atoms with Crippen molar-refractivity contribution >= 4 is 17.5 Å². The first-order chi connectivity index (χ1) is 9.65. The molecule has 1 atom stereocenters. The molecule has 0 saturated carbocycles. The number of likely N-dealkylation sites (tertiary alicyclic amines) is 1. The fourth-order valence-corrected chi connectivity index (χ4v) is 2.53. The standard InChI is InChI=1S/C14H22N4O2/c1-3-18-8-4-5-10(9-18)17-13-12(15)11(6-7-16-13)14(19)20-2/h6-7,10H,3-5,8-9,15H2,1-2H3,(H,16,17). The number of nitrogens with one attached hydrogen (secondary N) is 1. The molecule has 0 bridgehead atoms. The molecule has 1 saturated heterocycles. The molecule has 1 aliphatic heterocycles. The molecule has 0 amide bonds. The summed E-state index contributed by atoms with van der Waals surface area (Å²) >= 11 is 0. The van der Waals surface area contributed by atoms with E-state index in [0.29, 0.717) is 23.1 Å². The maximum atomic E-state index is 11.6. The fourth-order valence-electron chi connectivity index (χ4n) is 2.53. The highest BCUT2D eigenvalue weighted by Gasteiger charge is 2.21. The summed E-state index contributed by atoms with van der Waals surface area (Å²) < 4.78 is 4.71. The lowest BCUT2D eigenvalue weighted by Gasteiger charge is -2.32. The molecule has 110 valence electrons. The van der Waals surface area contributed by atoms with Crippen molar-refractivity contribution in [3.8, 4) is 0 Å². The quantitative estimate of drug-likeness (QED) is 0.809. The van der Waals surface area contributed by atoms with E-state index in [-0.39, 0.29) is 0 Å². The van der Waals surface area contributed by atoms with Crippen LogP contribution < -0.4 is 11.1 Å². The summed E-state index contributed by atoms with van der Waals surface area (Å²) in [5, 5.41) is 3.35. The Morgan fingerprint density at radius 2 is 2.45 bits per heavy atom. The van der Waals surface area contributed by atoms with Gasteiger partial charge in [0.1, 0.15) is 5.82 Å². The molecule has 1 aliphatic rings. The third-order valence-electron chi connectivity index (χ3n) is 3.69. The summed E-state index contributed by atoms with van der Waals surface area (Å²) in [6.07, 6.45) is 3.81. The first kappa shape index (κ1) is 14.6. The number of piperidine rings is 1. The molecule has 6 heteroatoms. The van der Waals surface area contributed by atoms with E-state index in [1.807, 2.05) is 0 Å². The second kappa shape index (κ2) is 6.56. The topological polar surface area (TPSA) is 80.5 Å².